The van der Waals surface area contributed by atoms with E-state index in [1.54, 1.807) is 21.1 Å². The Labute approximate surface area is 78.0 Å². The minimum Gasteiger partial charge on any atom is -0.331 e. The van der Waals surface area contributed by atoms with Crippen molar-refractivity contribution in [3.05, 3.63) is 0 Å². The molecule has 1 heterocycles. The molecular weight excluding hydrogens is 203 g/mol. The largest absolute Gasteiger partial charge is 0.394 e. The van der Waals surface area contributed by atoms with Crippen molar-refractivity contribution in [1.82, 2.24) is 0 Å². The maximum atomic E-state index is 11.6. The van der Waals surface area contributed by atoms with E-state index in [1.807, 2.05) is 0 Å². The quantitative estimate of drug-likeness (QED) is 0.293. The molecule has 0 aromatic heterocycles. The summed E-state index contributed by atoms with van der Waals surface area (Å²) in [6, 6.07) is 0. The van der Waals surface area contributed by atoms with Gasteiger partial charge in [-0.05, 0) is 0 Å². The Morgan fingerprint density at radius 2 is 1.54 bits per heavy atom. The summed E-state index contributed by atoms with van der Waals surface area (Å²) in [5, 5.41) is 0. The van der Waals surface area contributed by atoms with E-state index in [2.05, 4.69) is 9.15 Å². The molecule has 0 unspecified atom stereocenters. The Balaban J connectivity index is 0.000000396. The molecule has 13 heavy (non-hydrogen) atoms. The van der Waals surface area contributed by atoms with E-state index in [4.69, 9.17) is 0 Å². The molecule has 0 N–H and O–H groups in total. The fourth-order valence-electron chi connectivity index (χ4n) is 0.462. The smallest absolute Gasteiger partial charge is 0.331 e. The molecule has 1 rings (SSSR count). The predicted octanol–water partition coefficient (Wildman–Crippen LogP) is 0.592. The SMILES string of the molecule is C[N+](C)(C)CCC(F)(F)F.O1O[SiH2]1. The van der Waals surface area contributed by atoms with E-state index in [1.165, 1.54) is 0 Å². The molecule has 3 nitrogen and oxygen atoms in total. The van der Waals surface area contributed by atoms with Crippen molar-refractivity contribution in [2.75, 3.05) is 27.7 Å². The predicted molar refractivity (Wildman–Crippen MR) is 44.3 cm³/mol. The van der Waals surface area contributed by atoms with Gasteiger partial charge in [0.15, 0.2) is 0 Å². The lowest BCUT2D eigenvalue weighted by Crippen LogP contribution is -2.37. The molecule has 0 atom stereocenters. The number of nitrogens with zero attached hydrogens (tertiary/aromatic N) is 1. The first kappa shape index (κ1) is 12.9. The zero-order valence-electron chi connectivity index (χ0n) is 8.02. The molecule has 80 valence electrons. The summed E-state index contributed by atoms with van der Waals surface area (Å²) in [7, 11) is 4.89. The lowest BCUT2D eigenvalue weighted by atomic mass is 10.4. The zero-order valence-corrected chi connectivity index (χ0v) is 9.43. The summed E-state index contributed by atoms with van der Waals surface area (Å²) in [6.07, 6.45) is -4.71. The second-order valence-electron chi connectivity index (χ2n) is 3.73. The zero-order chi connectivity index (χ0) is 10.5. The fourth-order valence-corrected chi connectivity index (χ4v) is 0.462. The van der Waals surface area contributed by atoms with Crippen molar-refractivity contribution < 1.29 is 26.8 Å². The van der Waals surface area contributed by atoms with Crippen LogP contribution >= 0.6 is 0 Å². The molecular formula is C6H15F3NO2Si+. The van der Waals surface area contributed by atoms with E-state index in [-0.39, 0.29) is 16.6 Å². The second kappa shape index (κ2) is 4.94. The molecule has 0 amide bonds. The third-order valence-corrected chi connectivity index (χ3v) is 1.42. The number of hydrogen-bond donors (Lipinski definition) is 0. The van der Waals surface area contributed by atoms with Crippen LogP contribution < -0.4 is 0 Å². The molecule has 0 spiro atoms. The first-order chi connectivity index (χ1) is 5.71. The van der Waals surface area contributed by atoms with Crippen molar-refractivity contribution in [3.63, 3.8) is 0 Å². The molecule has 0 bridgehead atoms. The topological polar surface area (TPSA) is 25.1 Å². The van der Waals surface area contributed by atoms with Gasteiger partial charge in [0.05, 0.1) is 34.1 Å². The van der Waals surface area contributed by atoms with Gasteiger partial charge in [-0.25, -0.2) is 0 Å². The van der Waals surface area contributed by atoms with Gasteiger partial charge in [-0.1, -0.05) is 0 Å². The normalized spacial score (nSPS) is 16.2. The monoisotopic (exact) mass is 218 g/mol. The maximum absolute atomic E-state index is 11.6. The molecule has 0 aliphatic carbocycles. The summed E-state index contributed by atoms with van der Waals surface area (Å²) < 4.78 is 43.4. The highest BCUT2D eigenvalue weighted by Crippen LogP contribution is 2.20. The molecule has 1 saturated heterocycles. The summed E-state index contributed by atoms with van der Waals surface area (Å²) in [5.41, 5.74) is 0. The molecule has 0 radical (unpaired) electrons. The third-order valence-electron chi connectivity index (χ3n) is 1.18. The van der Waals surface area contributed by atoms with E-state index >= 15 is 0 Å². The average molecular weight is 218 g/mol. The summed E-state index contributed by atoms with van der Waals surface area (Å²) in [4.78, 5) is 0. The van der Waals surface area contributed by atoms with Gasteiger partial charge in [0.2, 0.25) is 0 Å². The van der Waals surface area contributed by atoms with Crippen LogP contribution in [0.4, 0.5) is 13.2 Å². The summed E-state index contributed by atoms with van der Waals surface area (Å²) in [6.45, 7) is 0.142. The van der Waals surface area contributed by atoms with Crippen molar-refractivity contribution in [2.24, 2.45) is 0 Å². The van der Waals surface area contributed by atoms with Crippen LogP contribution in [0.5, 0.6) is 0 Å². The van der Waals surface area contributed by atoms with Crippen LogP contribution in [0.1, 0.15) is 6.42 Å². The van der Waals surface area contributed by atoms with E-state index in [0.717, 1.165) is 0 Å². The highest BCUT2D eigenvalue weighted by Gasteiger charge is 2.29. The van der Waals surface area contributed by atoms with Crippen LogP contribution in [0, 0.1) is 0 Å². The molecule has 0 aromatic rings. The Morgan fingerprint density at radius 3 is 1.62 bits per heavy atom. The Hall–Kier alpha value is -0.113. The Kier molecular flexibility index (Phi) is 4.90. The number of halogens is 3. The van der Waals surface area contributed by atoms with E-state index < -0.39 is 12.6 Å². The standard InChI is InChI=1S/C6H13F3N.H2O2Si/c1-10(2,3)5-4-6(7,8)9;1-2-3-1/h4-5H2,1-3H3;3H2/q+1;. The van der Waals surface area contributed by atoms with Gasteiger partial charge in [-0.3, -0.25) is 9.15 Å². The molecule has 0 saturated carbocycles. The first-order valence-corrected chi connectivity index (χ1v) is 4.98. The molecule has 1 fully saturated rings. The second-order valence-corrected chi connectivity index (χ2v) is 4.44. The summed E-state index contributed by atoms with van der Waals surface area (Å²) >= 11 is 0. The van der Waals surface area contributed by atoms with Crippen LogP contribution in [0.2, 0.25) is 0 Å². The van der Waals surface area contributed by atoms with Crippen LogP contribution in [0.25, 0.3) is 0 Å². The minimum absolute atomic E-state index is 0.142. The van der Waals surface area contributed by atoms with Gasteiger partial charge >= 0.3 is 16.2 Å². The molecule has 0 aromatic carbocycles. The van der Waals surface area contributed by atoms with Crippen LogP contribution in [-0.2, 0) is 9.15 Å². The highest BCUT2D eigenvalue weighted by atomic mass is 28.3. The third kappa shape index (κ3) is 18.7. The van der Waals surface area contributed by atoms with Gasteiger partial charge in [0, 0.05) is 0 Å². The van der Waals surface area contributed by atoms with Crippen LogP contribution in [0.15, 0.2) is 0 Å². The fraction of sp³-hybridized carbons (Fsp3) is 1.00. The van der Waals surface area contributed by atoms with Gasteiger partial charge in [0.1, 0.15) is 0 Å². The van der Waals surface area contributed by atoms with Crippen molar-refractivity contribution in [1.29, 1.82) is 0 Å². The maximum Gasteiger partial charge on any atom is 0.394 e. The first-order valence-electron chi connectivity index (χ1n) is 3.82. The lowest BCUT2D eigenvalue weighted by Gasteiger charge is -2.24. The number of quaternary nitrogens is 1. The van der Waals surface area contributed by atoms with Crippen LogP contribution in [-0.4, -0.2) is 48.4 Å². The Morgan fingerprint density at radius 1 is 1.15 bits per heavy atom. The molecule has 1 aliphatic heterocycles. The Bertz CT molecular complexity index is 127. The molecule has 1 aliphatic rings. The van der Waals surface area contributed by atoms with Crippen molar-refractivity contribution >= 4 is 10.0 Å². The van der Waals surface area contributed by atoms with Crippen molar-refractivity contribution in [2.45, 2.75) is 12.6 Å². The highest BCUT2D eigenvalue weighted by molar-refractivity contribution is 6.24. The molecule has 7 heteroatoms. The van der Waals surface area contributed by atoms with Gasteiger partial charge < -0.3 is 4.48 Å². The van der Waals surface area contributed by atoms with Gasteiger partial charge in [-0.15, -0.1) is 0 Å². The number of alkyl halides is 3. The number of rotatable bonds is 2. The lowest BCUT2D eigenvalue weighted by molar-refractivity contribution is -0.871. The van der Waals surface area contributed by atoms with Gasteiger partial charge in [0.25, 0.3) is 0 Å². The minimum atomic E-state index is -4.01. The van der Waals surface area contributed by atoms with Crippen molar-refractivity contribution in [3.8, 4) is 0 Å². The van der Waals surface area contributed by atoms with E-state index in [9.17, 15) is 13.2 Å². The summed E-state index contributed by atoms with van der Waals surface area (Å²) in [5.74, 6) is 0. The van der Waals surface area contributed by atoms with E-state index in [0.29, 0.717) is 4.48 Å². The van der Waals surface area contributed by atoms with Crippen LogP contribution in [0.3, 0.4) is 0 Å². The van der Waals surface area contributed by atoms with Gasteiger partial charge in [-0.2, -0.15) is 13.2 Å². The number of hydrogen-bond acceptors (Lipinski definition) is 2. The average Bonchev–Trinajstić information content (AvgIpc) is 2.63.